The van der Waals surface area contributed by atoms with Gasteiger partial charge in [0.15, 0.2) is 11.5 Å². The maximum atomic E-state index is 12.8. The molecule has 1 aliphatic carbocycles. The van der Waals surface area contributed by atoms with Gasteiger partial charge in [0.25, 0.3) is 11.6 Å². The molecule has 1 aromatic rings. The first-order valence-corrected chi connectivity index (χ1v) is 8.68. The van der Waals surface area contributed by atoms with Gasteiger partial charge in [-0.3, -0.25) is 14.9 Å². The molecule has 4 rings (SSSR count). The summed E-state index contributed by atoms with van der Waals surface area (Å²) in [6.45, 7) is 2.09. The van der Waals surface area contributed by atoms with Gasteiger partial charge < -0.3 is 14.8 Å². The number of ether oxygens (including phenoxy) is 2. The van der Waals surface area contributed by atoms with Crippen LogP contribution in [0.5, 0.6) is 11.5 Å². The van der Waals surface area contributed by atoms with E-state index in [0.717, 1.165) is 24.1 Å². The number of hydrogen-bond acceptors (Lipinski definition) is 7. The van der Waals surface area contributed by atoms with Crippen LogP contribution in [-0.4, -0.2) is 40.4 Å². The molecule has 0 atom stereocenters. The minimum absolute atomic E-state index is 0.0267. The number of nitrogens with zero attached hydrogens (tertiary/aromatic N) is 3. The Morgan fingerprint density at radius 1 is 1.30 bits per heavy atom. The minimum Gasteiger partial charge on any atom is -0.454 e. The molecular formula is C17H18N4O6. The van der Waals surface area contributed by atoms with Crippen molar-refractivity contribution in [2.75, 3.05) is 6.79 Å². The zero-order chi connectivity index (χ0) is 19.2. The van der Waals surface area contributed by atoms with Crippen molar-refractivity contribution in [2.45, 2.75) is 38.1 Å². The normalized spacial score (nSPS) is 26.9. The Balaban J connectivity index is 1.61. The summed E-state index contributed by atoms with van der Waals surface area (Å²) in [4.78, 5) is 35.8. The van der Waals surface area contributed by atoms with E-state index in [0.29, 0.717) is 24.5 Å². The van der Waals surface area contributed by atoms with Crippen LogP contribution in [-0.2, 0) is 4.79 Å². The summed E-state index contributed by atoms with van der Waals surface area (Å²) in [6, 6.07) is 2.02. The number of carbonyl (C=O) groups excluding carboxylic acids is 2. The van der Waals surface area contributed by atoms with E-state index in [4.69, 9.17) is 9.47 Å². The number of nitrogens with one attached hydrogen (secondary N) is 1. The molecule has 10 heteroatoms. The van der Waals surface area contributed by atoms with Crippen LogP contribution < -0.4 is 14.8 Å². The smallest absolute Gasteiger partial charge is 0.346 e. The fourth-order valence-electron chi connectivity index (χ4n) is 3.63. The van der Waals surface area contributed by atoms with Crippen molar-refractivity contribution < 1.29 is 24.0 Å². The van der Waals surface area contributed by atoms with Crippen LogP contribution >= 0.6 is 0 Å². The first-order chi connectivity index (χ1) is 12.9. The Labute approximate surface area is 154 Å². The third-order valence-electron chi connectivity index (χ3n) is 5.30. The molecule has 27 heavy (non-hydrogen) atoms. The Bertz CT molecular complexity index is 859. The van der Waals surface area contributed by atoms with Crippen molar-refractivity contribution in [1.29, 1.82) is 0 Å². The minimum atomic E-state index is -0.915. The average molecular weight is 374 g/mol. The molecule has 3 amide bonds. The fraction of sp³-hybridized carbons (Fsp3) is 0.471. The first kappa shape index (κ1) is 17.3. The van der Waals surface area contributed by atoms with Gasteiger partial charge in [-0.15, -0.1) is 5.01 Å². The highest BCUT2D eigenvalue weighted by molar-refractivity contribution is 6.07. The molecule has 1 saturated carbocycles. The molecule has 2 aliphatic heterocycles. The molecule has 1 saturated heterocycles. The summed E-state index contributed by atoms with van der Waals surface area (Å²) in [5.41, 5.74) is -1.05. The van der Waals surface area contributed by atoms with Crippen LogP contribution in [0.3, 0.4) is 0 Å². The number of amides is 3. The maximum absolute atomic E-state index is 12.8. The molecule has 1 aromatic carbocycles. The molecule has 10 nitrogen and oxygen atoms in total. The number of imide groups is 1. The van der Waals surface area contributed by atoms with Gasteiger partial charge in [-0.2, -0.15) is 5.10 Å². The fourth-order valence-corrected chi connectivity index (χ4v) is 3.63. The summed E-state index contributed by atoms with van der Waals surface area (Å²) < 4.78 is 10.4. The average Bonchev–Trinajstić information content (AvgIpc) is 3.18. The number of hydrogen-bond donors (Lipinski definition) is 1. The van der Waals surface area contributed by atoms with Crippen molar-refractivity contribution in [2.24, 2.45) is 11.0 Å². The van der Waals surface area contributed by atoms with E-state index in [1.807, 2.05) is 0 Å². The lowest BCUT2D eigenvalue weighted by Gasteiger charge is -2.33. The molecule has 0 bridgehead atoms. The van der Waals surface area contributed by atoms with Crippen molar-refractivity contribution in [3.8, 4) is 11.5 Å². The van der Waals surface area contributed by atoms with Crippen molar-refractivity contribution >= 4 is 23.8 Å². The zero-order valence-electron chi connectivity index (χ0n) is 14.6. The summed E-state index contributed by atoms with van der Waals surface area (Å²) in [5, 5.41) is 18.7. The Hall–Kier alpha value is -3.17. The number of nitro benzene ring substituents is 1. The van der Waals surface area contributed by atoms with E-state index in [1.54, 1.807) is 0 Å². The van der Waals surface area contributed by atoms with Gasteiger partial charge >= 0.3 is 6.03 Å². The van der Waals surface area contributed by atoms with E-state index in [9.17, 15) is 19.7 Å². The predicted octanol–water partition coefficient (Wildman–Crippen LogP) is 2.16. The number of benzene rings is 1. The van der Waals surface area contributed by atoms with Gasteiger partial charge in [0.1, 0.15) is 5.54 Å². The van der Waals surface area contributed by atoms with Crippen LogP contribution in [0.4, 0.5) is 10.5 Å². The number of hydrazone groups is 1. The van der Waals surface area contributed by atoms with Crippen LogP contribution in [0.1, 0.15) is 38.2 Å². The second kappa shape index (κ2) is 6.22. The number of rotatable bonds is 3. The van der Waals surface area contributed by atoms with Gasteiger partial charge in [-0.25, -0.2) is 4.79 Å². The maximum Gasteiger partial charge on any atom is 0.346 e. The number of nitro groups is 1. The number of fused-ring (bicyclic) bond motifs is 1. The third-order valence-corrected chi connectivity index (χ3v) is 5.30. The van der Waals surface area contributed by atoms with E-state index in [-0.39, 0.29) is 23.8 Å². The topological polar surface area (TPSA) is 123 Å². The highest BCUT2D eigenvalue weighted by atomic mass is 16.7. The lowest BCUT2D eigenvalue weighted by molar-refractivity contribution is -0.385. The lowest BCUT2D eigenvalue weighted by atomic mass is 9.77. The van der Waals surface area contributed by atoms with E-state index < -0.39 is 22.4 Å². The SMILES string of the molecule is CC1CCC2(CC1)NC(=O)N(/N=C\c1cc3c(cc1[N+](=O)[O-])OCO3)C2=O. The first-order valence-electron chi connectivity index (χ1n) is 8.68. The summed E-state index contributed by atoms with van der Waals surface area (Å²) in [7, 11) is 0. The highest BCUT2D eigenvalue weighted by Gasteiger charge is 2.52. The van der Waals surface area contributed by atoms with Crippen molar-refractivity contribution in [3.63, 3.8) is 0 Å². The van der Waals surface area contributed by atoms with Gasteiger partial charge in [-0.05, 0) is 37.7 Å². The number of carbonyl (C=O) groups is 2. The molecule has 0 unspecified atom stereocenters. The molecule has 1 spiro atoms. The lowest BCUT2D eigenvalue weighted by Crippen LogP contribution is -2.49. The summed E-state index contributed by atoms with van der Waals surface area (Å²) in [6.07, 6.45) is 3.94. The summed E-state index contributed by atoms with van der Waals surface area (Å²) >= 11 is 0. The largest absolute Gasteiger partial charge is 0.454 e. The second-order valence-electron chi connectivity index (χ2n) is 7.08. The van der Waals surface area contributed by atoms with Gasteiger partial charge in [0.2, 0.25) is 6.79 Å². The van der Waals surface area contributed by atoms with Crippen LogP contribution in [0.2, 0.25) is 0 Å². The highest BCUT2D eigenvalue weighted by Crippen LogP contribution is 2.38. The second-order valence-corrected chi connectivity index (χ2v) is 7.08. The molecule has 1 N–H and O–H groups in total. The van der Waals surface area contributed by atoms with Crippen LogP contribution in [0.15, 0.2) is 17.2 Å². The van der Waals surface area contributed by atoms with Gasteiger partial charge in [-0.1, -0.05) is 6.92 Å². The van der Waals surface area contributed by atoms with Gasteiger partial charge in [0, 0.05) is 0 Å². The van der Waals surface area contributed by atoms with Crippen molar-refractivity contribution in [3.05, 3.63) is 27.8 Å². The standard InChI is InChI=1S/C17H18N4O6/c1-10-2-4-17(5-3-10)15(22)20(16(23)19-17)18-8-11-6-13-14(27-9-26-13)7-12(11)21(24)25/h6-8,10H,2-5,9H2,1H3,(H,19,23)/b18-8-. The predicted molar refractivity (Wildman–Crippen MR) is 92.6 cm³/mol. The molecular weight excluding hydrogens is 356 g/mol. The van der Waals surface area contributed by atoms with Gasteiger partial charge in [0.05, 0.1) is 22.8 Å². The van der Waals surface area contributed by atoms with Crippen LogP contribution in [0.25, 0.3) is 0 Å². The van der Waals surface area contributed by atoms with E-state index in [1.165, 1.54) is 12.1 Å². The van der Waals surface area contributed by atoms with E-state index in [2.05, 4.69) is 17.3 Å². The molecule has 142 valence electrons. The number of urea groups is 1. The quantitative estimate of drug-likeness (QED) is 0.374. The molecule has 0 aromatic heterocycles. The Morgan fingerprint density at radius 3 is 2.63 bits per heavy atom. The molecule has 2 fully saturated rings. The third kappa shape index (κ3) is 2.86. The Morgan fingerprint density at radius 2 is 1.96 bits per heavy atom. The Kier molecular flexibility index (Phi) is 3.97. The zero-order valence-corrected chi connectivity index (χ0v) is 14.6. The summed E-state index contributed by atoms with van der Waals surface area (Å²) in [5.74, 6) is 0.703. The van der Waals surface area contributed by atoms with Crippen LogP contribution in [0, 0.1) is 16.0 Å². The van der Waals surface area contributed by atoms with E-state index >= 15 is 0 Å². The van der Waals surface area contributed by atoms with Crippen molar-refractivity contribution in [1.82, 2.24) is 10.3 Å². The molecule has 3 aliphatic rings. The molecule has 2 heterocycles. The monoisotopic (exact) mass is 374 g/mol. The molecule has 0 radical (unpaired) electrons.